The Kier molecular flexibility index (Phi) is 5.75. The number of sulfone groups is 1. The standard InChI is InChI=1S/C23H25N7O4S/c1-3-18(13-4-8-17(9-5-13)35(2,33)34)26-22-28-20-15(10-14-11-19(31)27-21(14)32)12-24-30(20)23(29-22)25-16-6-7-16/h4-5,8-10,12,16,18H,3,6-7,11H2,1-2H3,(H,27,31,32)(H2,25,26,28,29)/b14-10+. The largest absolute Gasteiger partial charge is 0.351 e. The number of imide groups is 1. The molecule has 5 rings (SSSR count). The van der Waals surface area contributed by atoms with Crippen LogP contribution < -0.4 is 16.0 Å². The SMILES string of the molecule is CCC(Nc1nc(NC2CC2)n2ncc(/C=C3\CC(=O)NC3=O)c2n1)c1ccc(S(C)(=O)=O)cc1. The van der Waals surface area contributed by atoms with Crippen molar-refractivity contribution in [2.45, 2.75) is 49.6 Å². The summed E-state index contributed by atoms with van der Waals surface area (Å²) in [7, 11) is -3.28. The van der Waals surface area contributed by atoms with Gasteiger partial charge >= 0.3 is 0 Å². The van der Waals surface area contributed by atoms with E-state index < -0.39 is 15.7 Å². The molecule has 3 heterocycles. The van der Waals surface area contributed by atoms with E-state index in [4.69, 9.17) is 0 Å². The van der Waals surface area contributed by atoms with Gasteiger partial charge in [0.1, 0.15) is 0 Å². The van der Waals surface area contributed by atoms with E-state index in [0.29, 0.717) is 41.1 Å². The minimum Gasteiger partial charge on any atom is -0.351 e. The van der Waals surface area contributed by atoms with Crippen LogP contribution >= 0.6 is 0 Å². The zero-order valence-electron chi connectivity index (χ0n) is 19.3. The Morgan fingerprint density at radius 2 is 1.94 bits per heavy atom. The quantitative estimate of drug-likeness (QED) is 0.316. The minimum atomic E-state index is -3.28. The van der Waals surface area contributed by atoms with Crippen molar-refractivity contribution in [3.63, 3.8) is 0 Å². The van der Waals surface area contributed by atoms with Gasteiger partial charge in [0.05, 0.1) is 23.6 Å². The Morgan fingerprint density at radius 1 is 1.20 bits per heavy atom. The summed E-state index contributed by atoms with van der Waals surface area (Å²) < 4.78 is 25.2. The average molecular weight is 496 g/mol. The third-order valence-corrected chi connectivity index (χ3v) is 7.08. The molecule has 0 radical (unpaired) electrons. The predicted octanol–water partition coefficient (Wildman–Crippen LogP) is 2.10. The number of hydrogen-bond acceptors (Lipinski definition) is 9. The Hall–Kier alpha value is -3.80. The van der Waals surface area contributed by atoms with E-state index in [-0.39, 0.29) is 23.3 Å². The van der Waals surface area contributed by atoms with E-state index in [1.165, 1.54) is 6.26 Å². The Balaban J connectivity index is 1.50. The lowest BCUT2D eigenvalue weighted by molar-refractivity contribution is -0.124. The Morgan fingerprint density at radius 3 is 2.54 bits per heavy atom. The lowest BCUT2D eigenvalue weighted by atomic mass is 10.1. The van der Waals surface area contributed by atoms with Gasteiger partial charge in [-0.1, -0.05) is 19.1 Å². The molecule has 1 aromatic carbocycles. The molecular formula is C23H25N7O4S. The van der Waals surface area contributed by atoms with Crippen molar-refractivity contribution in [3.05, 3.63) is 47.2 Å². The van der Waals surface area contributed by atoms with Gasteiger partial charge in [0.15, 0.2) is 15.5 Å². The summed E-state index contributed by atoms with van der Waals surface area (Å²) >= 11 is 0. The van der Waals surface area contributed by atoms with Crippen molar-refractivity contribution < 1.29 is 18.0 Å². The number of carbonyl (C=O) groups excluding carboxylic acids is 2. The van der Waals surface area contributed by atoms with E-state index >= 15 is 0 Å². The van der Waals surface area contributed by atoms with Crippen LogP contribution in [0.2, 0.25) is 0 Å². The van der Waals surface area contributed by atoms with Gasteiger partial charge in [-0.05, 0) is 43.0 Å². The first kappa shape index (κ1) is 23.0. The highest BCUT2D eigenvalue weighted by Gasteiger charge is 2.26. The molecular weight excluding hydrogens is 470 g/mol. The van der Waals surface area contributed by atoms with Crippen LogP contribution in [0.3, 0.4) is 0 Å². The second kappa shape index (κ2) is 8.77. The first-order valence-corrected chi connectivity index (χ1v) is 13.2. The molecule has 12 heteroatoms. The minimum absolute atomic E-state index is 0.0148. The van der Waals surface area contributed by atoms with Gasteiger partial charge in [-0.2, -0.15) is 19.6 Å². The fourth-order valence-electron chi connectivity index (χ4n) is 3.90. The molecule has 1 unspecified atom stereocenters. The van der Waals surface area contributed by atoms with E-state index in [9.17, 15) is 18.0 Å². The first-order chi connectivity index (χ1) is 16.7. The summed E-state index contributed by atoms with van der Waals surface area (Å²) in [6.07, 6.45) is 7.20. The summed E-state index contributed by atoms with van der Waals surface area (Å²) in [6.45, 7) is 2.01. The third-order valence-electron chi connectivity index (χ3n) is 5.95. The molecule has 2 aliphatic rings. The number of anilines is 2. The van der Waals surface area contributed by atoms with E-state index in [0.717, 1.165) is 18.4 Å². The second-order valence-electron chi connectivity index (χ2n) is 8.79. The van der Waals surface area contributed by atoms with Crippen molar-refractivity contribution >= 4 is 45.3 Å². The van der Waals surface area contributed by atoms with Crippen LogP contribution in [0, 0.1) is 0 Å². The number of fused-ring (bicyclic) bond motifs is 1. The van der Waals surface area contributed by atoms with Gasteiger partial charge < -0.3 is 10.6 Å². The number of rotatable bonds is 8. The summed E-state index contributed by atoms with van der Waals surface area (Å²) in [5, 5.41) is 13.4. The molecule has 1 saturated heterocycles. The molecule has 2 fully saturated rings. The molecule has 182 valence electrons. The molecule has 1 saturated carbocycles. The number of amides is 2. The molecule has 35 heavy (non-hydrogen) atoms. The van der Waals surface area contributed by atoms with Gasteiger partial charge in [0, 0.05) is 23.4 Å². The van der Waals surface area contributed by atoms with Crippen LogP contribution in [0.4, 0.5) is 11.9 Å². The van der Waals surface area contributed by atoms with Crippen LogP contribution in [0.25, 0.3) is 11.7 Å². The number of benzene rings is 1. The summed E-state index contributed by atoms with van der Waals surface area (Å²) in [5.74, 6) is 0.144. The van der Waals surface area contributed by atoms with Gasteiger partial charge in [0.25, 0.3) is 5.91 Å². The van der Waals surface area contributed by atoms with Crippen LogP contribution in [0.5, 0.6) is 0 Å². The van der Waals surface area contributed by atoms with Crippen molar-refractivity contribution in [1.82, 2.24) is 24.9 Å². The first-order valence-electron chi connectivity index (χ1n) is 11.3. The Bertz CT molecular complexity index is 1460. The topological polar surface area (TPSA) is 147 Å². The monoisotopic (exact) mass is 495 g/mol. The van der Waals surface area contributed by atoms with E-state index in [1.807, 2.05) is 6.92 Å². The maximum Gasteiger partial charge on any atom is 0.254 e. The number of aromatic nitrogens is 4. The number of nitrogens with one attached hydrogen (secondary N) is 3. The summed E-state index contributed by atoms with van der Waals surface area (Å²) in [4.78, 5) is 33.2. The second-order valence-corrected chi connectivity index (χ2v) is 10.8. The molecule has 1 aliphatic carbocycles. The smallest absolute Gasteiger partial charge is 0.254 e. The molecule has 2 amide bonds. The molecule has 2 aromatic heterocycles. The fourth-order valence-corrected chi connectivity index (χ4v) is 4.53. The van der Waals surface area contributed by atoms with Crippen molar-refractivity contribution in [2.24, 2.45) is 0 Å². The van der Waals surface area contributed by atoms with E-state index in [2.05, 4.69) is 31.0 Å². The molecule has 1 aliphatic heterocycles. The molecule has 3 N–H and O–H groups in total. The van der Waals surface area contributed by atoms with Gasteiger partial charge in [0.2, 0.25) is 17.8 Å². The lowest BCUT2D eigenvalue weighted by Crippen LogP contribution is -2.19. The number of nitrogens with zero attached hydrogens (tertiary/aromatic N) is 4. The molecule has 1 atom stereocenters. The van der Waals surface area contributed by atoms with Gasteiger partial charge in [-0.15, -0.1) is 0 Å². The molecule has 0 spiro atoms. The van der Waals surface area contributed by atoms with Crippen LogP contribution in [0.1, 0.15) is 49.8 Å². The number of carbonyl (C=O) groups is 2. The number of hydrogen-bond donors (Lipinski definition) is 3. The van der Waals surface area contributed by atoms with Gasteiger partial charge in [-0.3, -0.25) is 14.9 Å². The fraction of sp³-hybridized carbons (Fsp3) is 0.348. The third kappa shape index (κ3) is 4.87. The van der Waals surface area contributed by atoms with E-state index in [1.54, 1.807) is 41.1 Å². The zero-order chi connectivity index (χ0) is 24.7. The highest BCUT2D eigenvalue weighted by atomic mass is 32.2. The lowest BCUT2D eigenvalue weighted by Gasteiger charge is -2.18. The average Bonchev–Trinajstić information content (AvgIpc) is 3.45. The van der Waals surface area contributed by atoms with Crippen molar-refractivity contribution in [2.75, 3.05) is 16.9 Å². The molecule has 3 aromatic rings. The van der Waals surface area contributed by atoms with Crippen LogP contribution in [-0.4, -0.2) is 52.1 Å². The van der Waals surface area contributed by atoms with Crippen molar-refractivity contribution in [3.8, 4) is 0 Å². The molecule has 11 nitrogen and oxygen atoms in total. The summed E-state index contributed by atoms with van der Waals surface area (Å²) in [6, 6.07) is 6.90. The van der Waals surface area contributed by atoms with Crippen LogP contribution in [0.15, 0.2) is 40.9 Å². The maximum atomic E-state index is 12.0. The van der Waals surface area contributed by atoms with Crippen LogP contribution in [-0.2, 0) is 19.4 Å². The Labute approximate surface area is 202 Å². The zero-order valence-corrected chi connectivity index (χ0v) is 20.1. The highest BCUT2D eigenvalue weighted by Crippen LogP contribution is 2.28. The highest BCUT2D eigenvalue weighted by molar-refractivity contribution is 7.90. The summed E-state index contributed by atoms with van der Waals surface area (Å²) in [5.41, 5.74) is 2.34. The predicted molar refractivity (Wildman–Crippen MR) is 129 cm³/mol. The van der Waals surface area contributed by atoms with Gasteiger partial charge in [-0.25, -0.2) is 8.42 Å². The normalized spacial score (nSPS) is 18.2. The molecule has 0 bridgehead atoms. The maximum absolute atomic E-state index is 12.0. The van der Waals surface area contributed by atoms with Crippen molar-refractivity contribution in [1.29, 1.82) is 0 Å².